The molecule has 0 radical (unpaired) electrons. The van der Waals surface area contributed by atoms with E-state index in [1.165, 1.54) is 9.21 Å². The van der Waals surface area contributed by atoms with E-state index in [4.69, 9.17) is 0 Å². The number of hydrogen-bond donors (Lipinski definition) is 0. The second-order valence-corrected chi connectivity index (χ2v) is 9.07. The highest BCUT2D eigenvalue weighted by Gasteiger charge is 2.31. The number of amides is 1. The van der Waals surface area contributed by atoms with Crippen molar-refractivity contribution in [3.05, 3.63) is 68.1 Å². The zero-order valence-electron chi connectivity index (χ0n) is 16.6. The van der Waals surface area contributed by atoms with Crippen LogP contribution in [0.4, 0.5) is 5.69 Å². The second kappa shape index (κ2) is 8.36. The lowest BCUT2D eigenvalue weighted by Gasteiger charge is -2.34. The molecule has 3 rings (SSSR count). The highest BCUT2D eigenvalue weighted by molar-refractivity contribution is 7.89. The van der Waals surface area contributed by atoms with Crippen molar-refractivity contribution >= 4 is 21.6 Å². The number of piperazine rings is 1. The van der Waals surface area contributed by atoms with Gasteiger partial charge < -0.3 is 4.90 Å². The van der Waals surface area contributed by atoms with Crippen LogP contribution >= 0.6 is 0 Å². The molecule has 160 valence electrons. The van der Waals surface area contributed by atoms with Crippen molar-refractivity contribution in [2.75, 3.05) is 26.2 Å². The van der Waals surface area contributed by atoms with E-state index in [2.05, 4.69) is 0 Å². The molecule has 0 bridgehead atoms. The van der Waals surface area contributed by atoms with Gasteiger partial charge in [-0.1, -0.05) is 17.7 Å². The van der Waals surface area contributed by atoms with E-state index in [-0.39, 0.29) is 43.3 Å². The number of carbonyl (C=O) groups excluding carboxylic acids is 1. The lowest BCUT2D eigenvalue weighted by molar-refractivity contribution is -0.385. The number of aryl methyl sites for hydroxylation is 2. The van der Waals surface area contributed by atoms with Crippen LogP contribution in [-0.4, -0.2) is 59.2 Å². The summed E-state index contributed by atoms with van der Waals surface area (Å²) in [6, 6.07) is 7.27. The first-order valence-corrected chi connectivity index (χ1v) is 10.7. The molecule has 1 saturated heterocycles. The molecular formula is C19H22N4O6S. The van der Waals surface area contributed by atoms with E-state index in [1.54, 1.807) is 19.1 Å². The summed E-state index contributed by atoms with van der Waals surface area (Å²) in [5.74, 6) is -0.402. The molecule has 1 amide bonds. The van der Waals surface area contributed by atoms with Gasteiger partial charge in [-0.25, -0.2) is 8.42 Å². The normalized spacial score (nSPS) is 15.2. The van der Waals surface area contributed by atoms with E-state index in [9.17, 15) is 28.1 Å². The third-order valence-corrected chi connectivity index (χ3v) is 7.08. The van der Waals surface area contributed by atoms with Crippen LogP contribution in [0.1, 0.15) is 11.1 Å². The molecule has 2 heterocycles. The number of sulfonamides is 1. The fraction of sp³-hybridized carbons (Fsp3) is 0.368. The van der Waals surface area contributed by atoms with Gasteiger partial charge >= 0.3 is 0 Å². The Hall–Kier alpha value is -3.05. The molecule has 30 heavy (non-hydrogen) atoms. The van der Waals surface area contributed by atoms with E-state index in [0.717, 1.165) is 28.5 Å². The highest BCUT2D eigenvalue weighted by atomic mass is 32.2. The molecule has 2 aromatic rings. The Morgan fingerprint density at radius 2 is 1.77 bits per heavy atom. The molecule has 0 saturated carbocycles. The third kappa shape index (κ3) is 4.41. The van der Waals surface area contributed by atoms with Gasteiger partial charge in [0.25, 0.3) is 11.2 Å². The van der Waals surface area contributed by atoms with Crippen molar-refractivity contribution in [2.45, 2.75) is 25.3 Å². The van der Waals surface area contributed by atoms with Gasteiger partial charge in [0.1, 0.15) is 6.54 Å². The summed E-state index contributed by atoms with van der Waals surface area (Å²) in [6.07, 6.45) is 1.03. The number of hydrogen-bond acceptors (Lipinski definition) is 6. The van der Waals surface area contributed by atoms with Crippen molar-refractivity contribution in [3.63, 3.8) is 0 Å². The minimum atomic E-state index is -3.67. The maximum Gasteiger partial charge on any atom is 0.285 e. The Morgan fingerprint density at radius 1 is 1.10 bits per heavy atom. The minimum Gasteiger partial charge on any atom is -0.339 e. The van der Waals surface area contributed by atoms with Crippen LogP contribution in [0.25, 0.3) is 0 Å². The first-order chi connectivity index (χ1) is 14.1. The largest absolute Gasteiger partial charge is 0.339 e. The van der Waals surface area contributed by atoms with Gasteiger partial charge in [-0.2, -0.15) is 4.31 Å². The zero-order chi connectivity index (χ0) is 22.1. The molecule has 1 aromatic carbocycles. The van der Waals surface area contributed by atoms with Gasteiger partial charge in [-0.3, -0.25) is 24.3 Å². The van der Waals surface area contributed by atoms with Gasteiger partial charge in [-0.15, -0.1) is 0 Å². The summed E-state index contributed by atoms with van der Waals surface area (Å²) in [5, 5.41) is 10.9. The number of aromatic nitrogens is 1. The lowest BCUT2D eigenvalue weighted by Crippen LogP contribution is -2.51. The van der Waals surface area contributed by atoms with E-state index >= 15 is 0 Å². The molecule has 1 aliphatic rings. The summed E-state index contributed by atoms with van der Waals surface area (Å²) >= 11 is 0. The zero-order valence-corrected chi connectivity index (χ0v) is 17.5. The van der Waals surface area contributed by atoms with Crippen LogP contribution in [0.5, 0.6) is 0 Å². The number of pyridine rings is 1. The average molecular weight is 434 g/mol. The molecule has 0 unspecified atom stereocenters. The number of benzene rings is 1. The smallest absolute Gasteiger partial charge is 0.285 e. The number of nitrogens with zero attached hydrogens (tertiary/aromatic N) is 4. The van der Waals surface area contributed by atoms with Gasteiger partial charge in [0, 0.05) is 38.3 Å². The molecule has 11 heteroatoms. The van der Waals surface area contributed by atoms with Crippen LogP contribution in [-0.2, 0) is 21.4 Å². The van der Waals surface area contributed by atoms with Crippen LogP contribution in [0, 0.1) is 24.0 Å². The van der Waals surface area contributed by atoms with Gasteiger partial charge in [0.2, 0.25) is 15.9 Å². The van der Waals surface area contributed by atoms with Crippen LogP contribution in [0.15, 0.2) is 46.2 Å². The second-order valence-electron chi connectivity index (χ2n) is 7.16. The predicted octanol–water partition coefficient (Wildman–Crippen LogP) is 0.906. The Balaban J connectivity index is 1.68. The molecule has 0 aliphatic carbocycles. The number of rotatable bonds is 5. The Labute approximate surface area is 173 Å². The van der Waals surface area contributed by atoms with Crippen molar-refractivity contribution in [1.29, 1.82) is 0 Å². The Bertz CT molecular complexity index is 1150. The minimum absolute atomic E-state index is 0.130. The summed E-state index contributed by atoms with van der Waals surface area (Å²) in [5.41, 5.74) is 0.827. The Kier molecular flexibility index (Phi) is 6.04. The summed E-state index contributed by atoms with van der Waals surface area (Å²) < 4.78 is 28.2. The summed E-state index contributed by atoms with van der Waals surface area (Å²) in [6.45, 7) is 3.90. The molecule has 0 N–H and O–H groups in total. The maximum absolute atomic E-state index is 12.9. The van der Waals surface area contributed by atoms with E-state index in [1.807, 2.05) is 13.0 Å². The number of carbonyl (C=O) groups is 1. The Morgan fingerprint density at radius 3 is 2.37 bits per heavy atom. The lowest BCUT2D eigenvalue weighted by atomic mass is 10.2. The third-order valence-electron chi connectivity index (χ3n) is 5.02. The quantitative estimate of drug-likeness (QED) is 0.509. The van der Waals surface area contributed by atoms with E-state index < -0.39 is 26.4 Å². The van der Waals surface area contributed by atoms with Crippen molar-refractivity contribution < 1.29 is 18.1 Å². The number of nitro groups is 1. The average Bonchev–Trinajstić information content (AvgIpc) is 2.69. The van der Waals surface area contributed by atoms with Crippen LogP contribution in [0.2, 0.25) is 0 Å². The van der Waals surface area contributed by atoms with Crippen LogP contribution in [0.3, 0.4) is 0 Å². The molecule has 1 aliphatic heterocycles. The monoisotopic (exact) mass is 434 g/mol. The molecule has 1 fully saturated rings. The standard InChI is InChI=1S/C19H22N4O6S/c1-14-3-5-17(15(2)11-14)30(28,29)22-9-7-20(8-10-22)19(25)13-21-12-16(23(26)27)4-6-18(21)24/h3-6,11-12H,7-10,13H2,1-2H3. The molecular weight excluding hydrogens is 412 g/mol. The van der Waals surface area contributed by atoms with Gasteiger partial charge in [0.05, 0.1) is 16.0 Å². The fourth-order valence-electron chi connectivity index (χ4n) is 3.40. The first kappa shape index (κ1) is 21.7. The molecule has 0 spiro atoms. The van der Waals surface area contributed by atoms with Gasteiger partial charge in [-0.05, 0) is 25.5 Å². The molecule has 10 nitrogen and oxygen atoms in total. The van der Waals surface area contributed by atoms with Crippen molar-refractivity contribution in [3.8, 4) is 0 Å². The SMILES string of the molecule is Cc1ccc(S(=O)(=O)N2CCN(C(=O)Cn3cc([N+](=O)[O-])ccc3=O)CC2)c(C)c1. The van der Waals surface area contributed by atoms with Crippen molar-refractivity contribution in [1.82, 2.24) is 13.8 Å². The molecule has 0 atom stereocenters. The topological polar surface area (TPSA) is 123 Å². The predicted molar refractivity (Wildman–Crippen MR) is 109 cm³/mol. The molecule has 1 aromatic heterocycles. The summed E-state index contributed by atoms with van der Waals surface area (Å²) in [7, 11) is -3.67. The van der Waals surface area contributed by atoms with Crippen LogP contribution < -0.4 is 5.56 Å². The first-order valence-electron chi connectivity index (χ1n) is 9.29. The fourth-order valence-corrected chi connectivity index (χ4v) is 5.03. The van der Waals surface area contributed by atoms with E-state index in [0.29, 0.717) is 5.56 Å². The van der Waals surface area contributed by atoms with Crippen molar-refractivity contribution in [2.24, 2.45) is 0 Å². The summed E-state index contributed by atoms with van der Waals surface area (Å²) in [4.78, 5) is 36.4. The van der Waals surface area contributed by atoms with Gasteiger partial charge in [0.15, 0.2) is 0 Å². The maximum atomic E-state index is 12.9. The highest BCUT2D eigenvalue weighted by Crippen LogP contribution is 2.22.